The molecule has 0 aliphatic heterocycles. The first-order valence-electron chi connectivity index (χ1n) is 8.13. The van der Waals surface area contributed by atoms with Gasteiger partial charge in [0, 0.05) is 6.54 Å². The second-order valence-corrected chi connectivity index (χ2v) is 5.94. The highest BCUT2D eigenvalue weighted by molar-refractivity contribution is 7.80. The van der Waals surface area contributed by atoms with Crippen molar-refractivity contribution < 1.29 is 4.79 Å². The summed E-state index contributed by atoms with van der Waals surface area (Å²) in [5.41, 5.74) is 7.63. The average Bonchev–Trinajstić information content (AvgIpc) is 2.64. The highest BCUT2D eigenvalue weighted by atomic mass is 32.1. The standard InChI is InChI=1S/C19H23N3OS/c1-2-9-17(16-12-7-4-8-13-16)18(23)21-22-19(24)20-14-15-10-5-3-6-11-15/h3-8,10-13,17H,2,9,14H2,1H3,(H,21,23)(H2,20,22,24). The maximum atomic E-state index is 12.5. The Morgan fingerprint density at radius 2 is 1.62 bits per heavy atom. The number of hydrogen-bond donors (Lipinski definition) is 3. The molecule has 4 nitrogen and oxygen atoms in total. The van der Waals surface area contributed by atoms with E-state index in [1.165, 1.54) is 0 Å². The minimum atomic E-state index is -0.180. The molecule has 1 atom stereocenters. The molecule has 0 aromatic heterocycles. The second kappa shape index (κ2) is 9.67. The molecular formula is C19H23N3OS. The third-order valence-corrected chi connectivity index (χ3v) is 3.94. The van der Waals surface area contributed by atoms with Crippen LogP contribution in [0.25, 0.3) is 0 Å². The summed E-state index contributed by atoms with van der Waals surface area (Å²) in [6, 6.07) is 19.8. The van der Waals surface area contributed by atoms with Crippen LogP contribution in [0.4, 0.5) is 0 Å². The first-order valence-corrected chi connectivity index (χ1v) is 8.54. The van der Waals surface area contributed by atoms with Gasteiger partial charge in [0.25, 0.3) is 0 Å². The maximum absolute atomic E-state index is 12.5. The van der Waals surface area contributed by atoms with Crippen LogP contribution in [0.5, 0.6) is 0 Å². The number of nitrogens with one attached hydrogen (secondary N) is 3. The highest BCUT2D eigenvalue weighted by Crippen LogP contribution is 2.20. The number of thiocarbonyl (C=S) groups is 1. The van der Waals surface area contributed by atoms with Crippen molar-refractivity contribution in [1.29, 1.82) is 0 Å². The number of rotatable bonds is 6. The van der Waals surface area contributed by atoms with Crippen LogP contribution in [0.15, 0.2) is 60.7 Å². The van der Waals surface area contributed by atoms with Crippen molar-refractivity contribution in [2.75, 3.05) is 0 Å². The molecule has 3 N–H and O–H groups in total. The molecule has 0 aliphatic rings. The first kappa shape index (κ1) is 17.9. The summed E-state index contributed by atoms with van der Waals surface area (Å²) in [5, 5.41) is 3.47. The van der Waals surface area contributed by atoms with Gasteiger partial charge in [-0.1, -0.05) is 74.0 Å². The normalized spacial score (nSPS) is 11.4. The van der Waals surface area contributed by atoms with Gasteiger partial charge in [-0.25, -0.2) is 0 Å². The Kier molecular flexibility index (Phi) is 7.23. The minimum Gasteiger partial charge on any atom is -0.357 e. The predicted molar refractivity (Wildman–Crippen MR) is 101 cm³/mol. The van der Waals surface area contributed by atoms with E-state index in [1.807, 2.05) is 60.7 Å². The lowest BCUT2D eigenvalue weighted by Crippen LogP contribution is -2.48. The van der Waals surface area contributed by atoms with Crippen LogP contribution in [0.3, 0.4) is 0 Å². The fourth-order valence-corrected chi connectivity index (χ4v) is 2.57. The molecule has 0 bridgehead atoms. The molecule has 1 amide bonds. The summed E-state index contributed by atoms with van der Waals surface area (Å²) in [4.78, 5) is 12.5. The Bertz CT molecular complexity index is 646. The van der Waals surface area contributed by atoms with Gasteiger partial charge in [0.05, 0.1) is 5.92 Å². The molecule has 2 aromatic rings. The molecular weight excluding hydrogens is 318 g/mol. The van der Waals surface area contributed by atoms with Crippen molar-refractivity contribution in [2.45, 2.75) is 32.2 Å². The topological polar surface area (TPSA) is 53.2 Å². The molecule has 0 saturated carbocycles. The van der Waals surface area contributed by atoms with Gasteiger partial charge in [-0.15, -0.1) is 0 Å². The molecule has 1 unspecified atom stereocenters. The molecule has 0 fully saturated rings. The van der Waals surface area contributed by atoms with E-state index in [9.17, 15) is 4.79 Å². The first-order chi connectivity index (χ1) is 11.7. The lowest BCUT2D eigenvalue weighted by atomic mass is 9.94. The number of benzene rings is 2. The number of carbonyl (C=O) groups is 1. The van der Waals surface area contributed by atoms with E-state index in [1.54, 1.807) is 0 Å². The van der Waals surface area contributed by atoms with Gasteiger partial charge in [-0.2, -0.15) is 0 Å². The van der Waals surface area contributed by atoms with Crippen molar-refractivity contribution in [3.8, 4) is 0 Å². The van der Waals surface area contributed by atoms with Crippen LogP contribution in [-0.2, 0) is 11.3 Å². The molecule has 0 radical (unpaired) electrons. The summed E-state index contributed by atoms with van der Waals surface area (Å²) in [5.74, 6) is -0.257. The van der Waals surface area contributed by atoms with E-state index in [-0.39, 0.29) is 11.8 Å². The van der Waals surface area contributed by atoms with E-state index in [0.717, 1.165) is 24.0 Å². The van der Waals surface area contributed by atoms with Crippen molar-refractivity contribution in [3.63, 3.8) is 0 Å². The molecule has 126 valence electrons. The zero-order valence-electron chi connectivity index (χ0n) is 13.8. The molecule has 5 heteroatoms. The van der Waals surface area contributed by atoms with E-state index in [4.69, 9.17) is 12.2 Å². The van der Waals surface area contributed by atoms with E-state index < -0.39 is 0 Å². The summed E-state index contributed by atoms with van der Waals surface area (Å²) < 4.78 is 0. The molecule has 0 aliphatic carbocycles. The third kappa shape index (κ3) is 5.66. The van der Waals surface area contributed by atoms with Crippen molar-refractivity contribution >= 4 is 23.2 Å². The van der Waals surface area contributed by atoms with E-state index in [2.05, 4.69) is 23.1 Å². The van der Waals surface area contributed by atoms with Gasteiger partial charge in [0.2, 0.25) is 5.91 Å². The molecule has 2 aromatic carbocycles. The molecule has 0 saturated heterocycles. The number of amides is 1. The molecule has 0 heterocycles. The van der Waals surface area contributed by atoms with E-state index in [0.29, 0.717) is 11.7 Å². The quantitative estimate of drug-likeness (QED) is 0.558. The van der Waals surface area contributed by atoms with Crippen LogP contribution in [0.1, 0.15) is 36.8 Å². The van der Waals surface area contributed by atoms with Gasteiger partial charge in [0.15, 0.2) is 5.11 Å². The zero-order valence-corrected chi connectivity index (χ0v) is 14.6. The van der Waals surface area contributed by atoms with Gasteiger partial charge in [-0.3, -0.25) is 15.6 Å². The van der Waals surface area contributed by atoms with Crippen LogP contribution < -0.4 is 16.2 Å². The maximum Gasteiger partial charge on any atom is 0.245 e. The monoisotopic (exact) mass is 341 g/mol. The van der Waals surface area contributed by atoms with Crippen LogP contribution >= 0.6 is 12.2 Å². The van der Waals surface area contributed by atoms with Gasteiger partial charge < -0.3 is 5.32 Å². The van der Waals surface area contributed by atoms with Crippen molar-refractivity contribution in [3.05, 3.63) is 71.8 Å². The highest BCUT2D eigenvalue weighted by Gasteiger charge is 2.19. The fraction of sp³-hybridized carbons (Fsp3) is 0.263. The zero-order chi connectivity index (χ0) is 17.2. The average molecular weight is 341 g/mol. The van der Waals surface area contributed by atoms with Crippen LogP contribution in [0, 0.1) is 0 Å². The Labute approximate surface area is 148 Å². The van der Waals surface area contributed by atoms with Crippen molar-refractivity contribution in [2.24, 2.45) is 0 Å². The van der Waals surface area contributed by atoms with E-state index >= 15 is 0 Å². The van der Waals surface area contributed by atoms with Gasteiger partial charge in [-0.05, 0) is 29.8 Å². The summed E-state index contributed by atoms with van der Waals surface area (Å²) in [6.45, 7) is 2.68. The second-order valence-electron chi connectivity index (χ2n) is 5.53. The summed E-state index contributed by atoms with van der Waals surface area (Å²) in [7, 11) is 0. The van der Waals surface area contributed by atoms with Gasteiger partial charge >= 0.3 is 0 Å². The number of carbonyl (C=O) groups excluding carboxylic acids is 1. The Hall–Kier alpha value is -2.40. The number of hydrogen-bond acceptors (Lipinski definition) is 2. The Balaban J connectivity index is 1.83. The molecule has 0 spiro atoms. The summed E-state index contributed by atoms with van der Waals surface area (Å²) >= 11 is 5.20. The minimum absolute atomic E-state index is 0.0769. The molecule has 2 rings (SSSR count). The SMILES string of the molecule is CCCC(C(=O)NNC(=S)NCc1ccccc1)c1ccccc1. The van der Waals surface area contributed by atoms with Crippen molar-refractivity contribution in [1.82, 2.24) is 16.2 Å². The third-order valence-electron chi connectivity index (χ3n) is 3.69. The largest absolute Gasteiger partial charge is 0.357 e. The van der Waals surface area contributed by atoms with Crippen LogP contribution in [-0.4, -0.2) is 11.0 Å². The Morgan fingerprint density at radius 1 is 1.00 bits per heavy atom. The number of hydrazine groups is 1. The lowest BCUT2D eigenvalue weighted by molar-refractivity contribution is -0.123. The summed E-state index contributed by atoms with van der Waals surface area (Å²) in [6.07, 6.45) is 1.73. The lowest BCUT2D eigenvalue weighted by Gasteiger charge is -2.18. The Morgan fingerprint density at radius 3 is 2.25 bits per heavy atom. The van der Waals surface area contributed by atoms with Gasteiger partial charge in [0.1, 0.15) is 0 Å². The predicted octanol–water partition coefficient (Wildman–Crippen LogP) is 3.27. The smallest absolute Gasteiger partial charge is 0.245 e. The van der Waals surface area contributed by atoms with Crippen LogP contribution in [0.2, 0.25) is 0 Å². The fourth-order valence-electron chi connectivity index (χ4n) is 2.45. The molecule has 24 heavy (non-hydrogen) atoms.